The van der Waals surface area contributed by atoms with Crippen LogP contribution in [0.15, 0.2) is 23.2 Å². The average Bonchev–Trinajstić information content (AvgIpc) is 3.42. The molecular weight excluding hydrogens is 330 g/mol. The topological polar surface area (TPSA) is 87.6 Å². The van der Waals surface area contributed by atoms with Crippen LogP contribution < -0.4 is 16.0 Å². The molecule has 0 aliphatic heterocycles. The van der Waals surface area contributed by atoms with Gasteiger partial charge in [-0.1, -0.05) is 6.07 Å². The summed E-state index contributed by atoms with van der Waals surface area (Å²) >= 11 is 0. The van der Waals surface area contributed by atoms with E-state index < -0.39 is 0 Å². The van der Waals surface area contributed by atoms with Gasteiger partial charge in [-0.15, -0.1) is 0 Å². The minimum Gasteiger partial charge on any atom is -0.381 e. The molecule has 0 unspecified atom stereocenters. The van der Waals surface area contributed by atoms with Crippen molar-refractivity contribution in [1.29, 1.82) is 0 Å². The second kappa shape index (κ2) is 11.5. The lowest BCUT2D eigenvalue weighted by molar-refractivity contribution is -0.116. The normalized spacial score (nSPS) is 14.2. The summed E-state index contributed by atoms with van der Waals surface area (Å²) < 4.78 is 5.61. The van der Waals surface area contributed by atoms with Gasteiger partial charge in [0, 0.05) is 45.0 Å². The number of anilines is 1. The van der Waals surface area contributed by atoms with Crippen molar-refractivity contribution in [1.82, 2.24) is 15.6 Å². The first-order chi connectivity index (χ1) is 12.7. The van der Waals surface area contributed by atoms with Gasteiger partial charge in [-0.2, -0.15) is 0 Å². The SMILES string of the molecule is CCNC(=NCCCOCC1CC1)NCCC(=O)Nc1cccc(C)n1. The standard InChI is InChI=1S/C19H31N5O2/c1-3-20-19(21-11-5-13-26-14-16-8-9-16)22-12-10-18(25)24-17-7-4-6-15(2)23-17/h4,6-7,16H,3,5,8-14H2,1-2H3,(H2,20,21,22)(H,23,24,25). The van der Waals surface area contributed by atoms with E-state index in [0.717, 1.165) is 43.8 Å². The Morgan fingerprint density at radius 1 is 1.35 bits per heavy atom. The maximum atomic E-state index is 12.0. The van der Waals surface area contributed by atoms with Gasteiger partial charge in [-0.05, 0) is 51.2 Å². The van der Waals surface area contributed by atoms with Crippen LogP contribution in [-0.2, 0) is 9.53 Å². The van der Waals surface area contributed by atoms with Crippen molar-refractivity contribution in [2.24, 2.45) is 10.9 Å². The molecule has 1 saturated carbocycles. The predicted molar refractivity (Wildman–Crippen MR) is 104 cm³/mol. The lowest BCUT2D eigenvalue weighted by Gasteiger charge is -2.11. The number of nitrogens with one attached hydrogen (secondary N) is 3. The van der Waals surface area contributed by atoms with E-state index in [1.807, 2.05) is 26.0 Å². The molecule has 0 aromatic carbocycles. The second-order valence-electron chi connectivity index (χ2n) is 6.52. The van der Waals surface area contributed by atoms with E-state index in [-0.39, 0.29) is 5.91 Å². The van der Waals surface area contributed by atoms with Gasteiger partial charge in [0.05, 0.1) is 0 Å². The fourth-order valence-corrected chi connectivity index (χ4v) is 2.35. The molecule has 3 N–H and O–H groups in total. The predicted octanol–water partition coefficient (Wildman–Crippen LogP) is 2.09. The Bertz CT molecular complexity index is 587. The van der Waals surface area contributed by atoms with E-state index in [9.17, 15) is 4.79 Å². The smallest absolute Gasteiger partial charge is 0.227 e. The lowest BCUT2D eigenvalue weighted by Crippen LogP contribution is -2.38. The molecule has 144 valence electrons. The molecular formula is C19H31N5O2. The van der Waals surface area contributed by atoms with Crippen molar-refractivity contribution >= 4 is 17.7 Å². The molecule has 1 heterocycles. The summed E-state index contributed by atoms with van der Waals surface area (Å²) in [5.41, 5.74) is 0.878. The van der Waals surface area contributed by atoms with E-state index in [4.69, 9.17) is 4.74 Å². The zero-order valence-electron chi connectivity index (χ0n) is 15.9. The Balaban J connectivity index is 1.61. The number of hydrogen-bond acceptors (Lipinski definition) is 4. The third kappa shape index (κ3) is 8.80. The largest absolute Gasteiger partial charge is 0.381 e. The van der Waals surface area contributed by atoms with Gasteiger partial charge >= 0.3 is 0 Å². The molecule has 1 fully saturated rings. The quantitative estimate of drug-likeness (QED) is 0.319. The second-order valence-corrected chi connectivity index (χ2v) is 6.52. The van der Waals surface area contributed by atoms with Crippen LogP contribution in [0.3, 0.4) is 0 Å². The molecule has 26 heavy (non-hydrogen) atoms. The highest BCUT2D eigenvalue weighted by molar-refractivity contribution is 5.90. The van der Waals surface area contributed by atoms with Crippen molar-refractivity contribution in [3.05, 3.63) is 23.9 Å². The highest BCUT2D eigenvalue weighted by atomic mass is 16.5. The van der Waals surface area contributed by atoms with E-state index in [0.29, 0.717) is 25.3 Å². The first-order valence-electron chi connectivity index (χ1n) is 9.51. The third-order valence-electron chi connectivity index (χ3n) is 3.91. The Hall–Kier alpha value is -2.15. The molecule has 0 radical (unpaired) electrons. The fraction of sp³-hybridized carbons (Fsp3) is 0.632. The number of carbonyl (C=O) groups is 1. The molecule has 2 rings (SSSR count). The van der Waals surface area contributed by atoms with Crippen LogP contribution >= 0.6 is 0 Å². The molecule has 7 heteroatoms. The number of guanidine groups is 1. The average molecular weight is 361 g/mol. The maximum absolute atomic E-state index is 12.0. The van der Waals surface area contributed by atoms with E-state index in [2.05, 4.69) is 25.9 Å². The van der Waals surface area contributed by atoms with Gasteiger partial charge in [0.2, 0.25) is 5.91 Å². The van der Waals surface area contributed by atoms with E-state index in [1.54, 1.807) is 6.07 Å². The van der Waals surface area contributed by atoms with E-state index >= 15 is 0 Å². The number of aryl methyl sites for hydroxylation is 1. The van der Waals surface area contributed by atoms with Gasteiger partial charge in [0.15, 0.2) is 5.96 Å². The third-order valence-corrected chi connectivity index (χ3v) is 3.91. The number of rotatable bonds is 11. The molecule has 0 atom stereocenters. The molecule has 1 aromatic rings. The molecule has 0 saturated heterocycles. The summed E-state index contributed by atoms with van der Waals surface area (Å²) in [6, 6.07) is 5.56. The number of aliphatic imine (C=N–C) groups is 1. The number of nitrogens with zero attached hydrogens (tertiary/aromatic N) is 2. The van der Waals surface area contributed by atoms with Crippen LogP contribution in [0.25, 0.3) is 0 Å². The summed E-state index contributed by atoms with van der Waals surface area (Å²) in [6.07, 6.45) is 3.90. The van der Waals surface area contributed by atoms with Crippen molar-refractivity contribution in [3.8, 4) is 0 Å². The van der Waals surface area contributed by atoms with Crippen LogP contribution in [0.2, 0.25) is 0 Å². The zero-order chi connectivity index (χ0) is 18.6. The van der Waals surface area contributed by atoms with Crippen molar-refractivity contribution < 1.29 is 9.53 Å². The van der Waals surface area contributed by atoms with Gasteiger partial charge in [0.1, 0.15) is 5.82 Å². The lowest BCUT2D eigenvalue weighted by atomic mass is 10.3. The van der Waals surface area contributed by atoms with Gasteiger partial charge in [0.25, 0.3) is 0 Å². The van der Waals surface area contributed by atoms with Crippen LogP contribution in [0, 0.1) is 12.8 Å². The Kier molecular flexibility index (Phi) is 8.89. The molecule has 1 aliphatic carbocycles. The van der Waals surface area contributed by atoms with Crippen LogP contribution in [0.1, 0.15) is 38.3 Å². The van der Waals surface area contributed by atoms with Crippen molar-refractivity contribution in [3.63, 3.8) is 0 Å². The van der Waals surface area contributed by atoms with Crippen LogP contribution in [0.4, 0.5) is 5.82 Å². The fourth-order valence-electron chi connectivity index (χ4n) is 2.35. The minimum atomic E-state index is -0.0695. The summed E-state index contributed by atoms with van der Waals surface area (Å²) in [5.74, 6) is 2.05. The van der Waals surface area contributed by atoms with Gasteiger partial charge in [-0.3, -0.25) is 9.79 Å². The van der Waals surface area contributed by atoms with Gasteiger partial charge < -0.3 is 20.7 Å². The highest BCUT2D eigenvalue weighted by Gasteiger charge is 2.20. The maximum Gasteiger partial charge on any atom is 0.227 e. The van der Waals surface area contributed by atoms with Crippen LogP contribution in [0.5, 0.6) is 0 Å². The summed E-state index contributed by atoms with van der Waals surface area (Å²) in [6.45, 7) is 7.57. The number of ether oxygens (including phenoxy) is 1. The molecule has 0 spiro atoms. The number of aromatic nitrogens is 1. The van der Waals surface area contributed by atoms with Crippen molar-refractivity contribution in [2.75, 3.05) is 38.2 Å². The van der Waals surface area contributed by atoms with Crippen LogP contribution in [-0.4, -0.2) is 49.7 Å². The molecule has 1 amide bonds. The monoisotopic (exact) mass is 361 g/mol. The number of amides is 1. The molecule has 1 aliphatic rings. The van der Waals surface area contributed by atoms with Gasteiger partial charge in [-0.25, -0.2) is 4.98 Å². The molecule has 0 bridgehead atoms. The Morgan fingerprint density at radius 3 is 2.92 bits per heavy atom. The molecule has 7 nitrogen and oxygen atoms in total. The highest BCUT2D eigenvalue weighted by Crippen LogP contribution is 2.28. The summed E-state index contributed by atoms with van der Waals surface area (Å²) in [7, 11) is 0. The van der Waals surface area contributed by atoms with E-state index in [1.165, 1.54) is 12.8 Å². The Morgan fingerprint density at radius 2 is 2.19 bits per heavy atom. The molecule has 1 aromatic heterocycles. The first kappa shape index (κ1) is 20.2. The zero-order valence-corrected chi connectivity index (χ0v) is 15.9. The summed E-state index contributed by atoms with van der Waals surface area (Å²) in [5, 5.41) is 9.17. The minimum absolute atomic E-state index is 0.0695. The number of hydrogen-bond donors (Lipinski definition) is 3. The summed E-state index contributed by atoms with van der Waals surface area (Å²) in [4.78, 5) is 20.8. The Labute approximate surface area is 156 Å². The number of carbonyl (C=O) groups excluding carboxylic acids is 1. The number of pyridine rings is 1. The van der Waals surface area contributed by atoms with Crippen molar-refractivity contribution in [2.45, 2.75) is 39.5 Å². The first-order valence-corrected chi connectivity index (χ1v) is 9.51.